The van der Waals surface area contributed by atoms with Crippen LogP contribution in [0.4, 0.5) is 14.5 Å². The van der Waals surface area contributed by atoms with Gasteiger partial charge >= 0.3 is 12.6 Å². The minimum absolute atomic E-state index is 0.00106. The smallest absolute Gasteiger partial charge is 0.387 e. The first kappa shape index (κ1) is 15.2. The number of rotatable bonds is 8. The van der Waals surface area contributed by atoms with Gasteiger partial charge in [0, 0.05) is 0 Å². The normalized spacial score (nSPS) is 10.3. The van der Waals surface area contributed by atoms with Gasteiger partial charge in [-0.15, -0.1) is 0 Å². The molecule has 0 atom stereocenters. The van der Waals surface area contributed by atoms with E-state index in [1.54, 1.807) is 18.2 Å². The van der Waals surface area contributed by atoms with Gasteiger partial charge in [-0.05, 0) is 18.6 Å². The SMILES string of the molecule is CCCCOC(=O)CNc1ccccc1OC(F)F. The number of hydrogen-bond donors (Lipinski definition) is 1. The zero-order valence-electron chi connectivity index (χ0n) is 10.7. The van der Waals surface area contributed by atoms with Crippen molar-refractivity contribution in [1.29, 1.82) is 0 Å². The topological polar surface area (TPSA) is 47.6 Å². The molecule has 0 saturated carbocycles. The van der Waals surface area contributed by atoms with Crippen LogP contribution in [0.1, 0.15) is 19.8 Å². The molecule has 4 nitrogen and oxygen atoms in total. The second kappa shape index (κ2) is 8.29. The molecule has 1 rings (SSSR count). The molecule has 19 heavy (non-hydrogen) atoms. The minimum atomic E-state index is -2.90. The van der Waals surface area contributed by atoms with Crippen molar-refractivity contribution < 1.29 is 23.0 Å². The highest BCUT2D eigenvalue weighted by Gasteiger charge is 2.10. The van der Waals surface area contributed by atoms with Crippen LogP contribution in [0, 0.1) is 0 Å². The number of para-hydroxylation sites is 2. The van der Waals surface area contributed by atoms with Gasteiger partial charge in [-0.2, -0.15) is 8.78 Å². The summed E-state index contributed by atoms with van der Waals surface area (Å²) in [5.74, 6) is -0.431. The maximum atomic E-state index is 12.2. The van der Waals surface area contributed by atoms with Gasteiger partial charge in [0.25, 0.3) is 0 Å². The van der Waals surface area contributed by atoms with E-state index in [0.717, 1.165) is 12.8 Å². The number of carbonyl (C=O) groups excluding carboxylic acids is 1. The van der Waals surface area contributed by atoms with Crippen LogP contribution in [-0.4, -0.2) is 25.7 Å². The third-order valence-electron chi connectivity index (χ3n) is 2.29. The largest absolute Gasteiger partial charge is 0.464 e. The number of benzene rings is 1. The lowest BCUT2D eigenvalue weighted by molar-refractivity contribution is -0.141. The summed E-state index contributed by atoms with van der Waals surface area (Å²) in [6, 6.07) is 6.18. The number of halogens is 2. The molecule has 0 saturated heterocycles. The van der Waals surface area contributed by atoms with Crippen LogP contribution >= 0.6 is 0 Å². The Bertz CT molecular complexity index is 399. The molecule has 0 radical (unpaired) electrons. The molecular weight excluding hydrogens is 256 g/mol. The molecular formula is C13H17F2NO3. The molecule has 1 aromatic rings. The Kier molecular flexibility index (Phi) is 6.63. The van der Waals surface area contributed by atoms with E-state index in [2.05, 4.69) is 10.1 Å². The number of nitrogens with one attached hydrogen (secondary N) is 1. The van der Waals surface area contributed by atoms with Gasteiger partial charge in [0.05, 0.1) is 12.3 Å². The fourth-order valence-electron chi connectivity index (χ4n) is 1.36. The van der Waals surface area contributed by atoms with Crippen molar-refractivity contribution in [3.63, 3.8) is 0 Å². The molecule has 0 heterocycles. The zero-order chi connectivity index (χ0) is 14.1. The number of carbonyl (C=O) groups is 1. The number of ether oxygens (including phenoxy) is 2. The standard InChI is InChI=1S/C13H17F2NO3/c1-2-3-8-18-12(17)9-16-10-6-4-5-7-11(10)19-13(14)15/h4-7,13,16H,2-3,8-9H2,1H3. The van der Waals surface area contributed by atoms with Crippen LogP contribution in [0.15, 0.2) is 24.3 Å². The molecule has 0 amide bonds. The highest BCUT2D eigenvalue weighted by Crippen LogP contribution is 2.25. The Labute approximate surface area is 110 Å². The van der Waals surface area contributed by atoms with E-state index < -0.39 is 12.6 Å². The van der Waals surface area contributed by atoms with Gasteiger partial charge in [-0.25, -0.2) is 0 Å². The van der Waals surface area contributed by atoms with Crippen molar-refractivity contribution in [2.75, 3.05) is 18.5 Å². The van der Waals surface area contributed by atoms with Crippen molar-refractivity contribution in [3.05, 3.63) is 24.3 Å². The Balaban J connectivity index is 2.46. The Morgan fingerprint density at radius 1 is 1.37 bits per heavy atom. The quantitative estimate of drug-likeness (QED) is 0.584. The molecule has 106 valence electrons. The van der Waals surface area contributed by atoms with E-state index in [1.165, 1.54) is 6.07 Å². The molecule has 1 N–H and O–H groups in total. The third kappa shape index (κ3) is 6.03. The highest BCUT2D eigenvalue weighted by atomic mass is 19.3. The van der Waals surface area contributed by atoms with E-state index in [9.17, 15) is 13.6 Å². The maximum Gasteiger partial charge on any atom is 0.387 e. The maximum absolute atomic E-state index is 12.2. The van der Waals surface area contributed by atoms with E-state index in [-0.39, 0.29) is 12.3 Å². The van der Waals surface area contributed by atoms with Crippen LogP contribution in [0.25, 0.3) is 0 Å². The summed E-state index contributed by atoms with van der Waals surface area (Å²) < 4.78 is 33.6. The van der Waals surface area contributed by atoms with Gasteiger partial charge in [0.15, 0.2) is 0 Å². The van der Waals surface area contributed by atoms with Crippen LogP contribution in [0.3, 0.4) is 0 Å². The molecule has 1 aromatic carbocycles. The summed E-state index contributed by atoms with van der Waals surface area (Å²) in [5, 5.41) is 2.71. The summed E-state index contributed by atoms with van der Waals surface area (Å²) in [6.45, 7) is -0.636. The van der Waals surface area contributed by atoms with Crippen molar-refractivity contribution in [1.82, 2.24) is 0 Å². The molecule has 0 aliphatic carbocycles. The Morgan fingerprint density at radius 3 is 2.79 bits per heavy atom. The molecule has 0 fully saturated rings. The Hall–Kier alpha value is -1.85. The van der Waals surface area contributed by atoms with Gasteiger partial charge in [0.2, 0.25) is 0 Å². The lowest BCUT2D eigenvalue weighted by Gasteiger charge is -2.12. The van der Waals surface area contributed by atoms with Crippen molar-refractivity contribution in [2.45, 2.75) is 26.4 Å². The zero-order valence-corrected chi connectivity index (χ0v) is 10.7. The van der Waals surface area contributed by atoms with E-state index in [1.807, 2.05) is 6.92 Å². The summed E-state index contributed by atoms with van der Waals surface area (Å²) in [4.78, 5) is 11.4. The lowest BCUT2D eigenvalue weighted by Crippen LogP contribution is -2.18. The predicted molar refractivity (Wildman–Crippen MR) is 67.4 cm³/mol. The molecule has 0 spiro atoms. The van der Waals surface area contributed by atoms with E-state index in [0.29, 0.717) is 12.3 Å². The molecule has 0 unspecified atom stereocenters. The fourth-order valence-corrected chi connectivity index (χ4v) is 1.36. The van der Waals surface area contributed by atoms with Gasteiger partial charge < -0.3 is 14.8 Å². The van der Waals surface area contributed by atoms with Crippen molar-refractivity contribution in [2.24, 2.45) is 0 Å². The van der Waals surface area contributed by atoms with E-state index in [4.69, 9.17) is 4.74 Å². The number of unbranched alkanes of at least 4 members (excludes halogenated alkanes) is 1. The van der Waals surface area contributed by atoms with Crippen molar-refractivity contribution >= 4 is 11.7 Å². The van der Waals surface area contributed by atoms with Gasteiger partial charge in [0.1, 0.15) is 12.3 Å². The average Bonchev–Trinajstić information content (AvgIpc) is 2.37. The van der Waals surface area contributed by atoms with Crippen molar-refractivity contribution in [3.8, 4) is 5.75 Å². The van der Waals surface area contributed by atoms with Crippen LogP contribution < -0.4 is 10.1 Å². The minimum Gasteiger partial charge on any atom is -0.464 e. The molecule has 0 aromatic heterocycles. The van der Waals surface area contributed by atoms with Gasteiger partial charge in [-0.1, -0.05) is 25.5 Å². The summed E-state index contributed by atoms with van der Waals surface area (Å²) in [6.07, 6.45) is 1.74. The van der Waals surface area contributed by atoms with E-state index >= 15 is 0 Å². The molecule has 6 heteroatoms. The van der Waals surface area contributed by atoms with Crippen LogP contribution in [-0.2, 0) is 9.53 Å². The number of alkyl halides is 2. The van der Waals surface area contributed by atoms with Crippen LogP contribution in [0.5, 0.6) is 5.75 Å². The average molecular weight is 273 g/mol. The number of hydrogen-bond acceptors (Lipinski definition) is 4. The summed E-state index contributed by atoms with van der Waals surface area (Å²) in [7, 11) is 0. The third-order valence-corrected chi connectivity index (χ3v) is 2.29. The first-order chi connectivity index (χ1) is 9.13. The first-order valence-electron chi connectivity index (χ1n) is 6.06. The molecule has 0 aliphatic heterocycles. The van der Waals surface area contributed by atoms with Gasteiger partial charge in [-0.3, -0.25) is 4.79 Å². The van der Waals surface area contributed by atoms with Crippen LogP contribution in [0.2, 0.25) is 0 Å². The molecule has 0 aliphatic rings. The first-order valence-corrected chi connectivity index (χ1v) is 6.06. The fraction of sp³-hybridized carbons (Fsp3) is 0.462. The second-order valence-electron chi connectivity index (χ2n) is 3.80. The second-order valence-corrected chi connectivity index (χ2v) is 3.80. The predicted octanol–water partition coefficient (Wildman–Crippen LogP) is 3.04. The lowest BCUT2D eigenvalue weighted by atomic mass is 10.3. The summed E-state index contributed by atoms with van der Waals surface area (Å²) >= 11 is 0. The number of esters is 1. The monoisotopic (exact) mass is 273 g/mol. The highest BCUT2D eigenvalue weighted by molar-refractivity contribution is 5.75. The number of anilines is 1. The Morgan fingerprint density at radius 2 is 2.11 bits per heavy atom. The summed E-state index contributed by atoms with van der Waals surface area (Å²) in [5.41, 5.74) is 0.329. The molecule has 0 bridgehead atoms.